The number of nitrogens with zero attached hydrogens (tertiary/aromatic N) is 1. The molecule has 0 bridgehead atoms. The second-order valence-corrected chi connectivity index (χ2v) is 9.80. The second-order valence-electron chi connectivity index (χ2n) is 9.80. The summed E-state index contributed by atoms with van der Waals surface area (Å²) in [6.07, 6.45) is 5.08. The average molecular weight is 438 g/mol. The van der Waals surface area contributed by atoms with E-state index in [-0.39, 0.29) is 17.7 Å². The Hall–Kier alpha value is -3.46. The van der Waals surface area contributed by atoms with E-state index in [1.54, 1.807) is 4.90 Å². The van der Waals surface area contributed by atoms with Crippen LogP contribution in [-0.2, 0) is 16.0 Å². The van der Waals surface area contributed by atoms with E-state index in [1.165, 1.54) is 11.1 Å². The zero-order chi connectivity index (χ0) is 23.4. The Bertz CT molecular complexity index is 1130. The van der Waals surface area contributed by atoms with Gasteiger partial charge in [-0.3, -0.25) is 9.59 Å². The molecule has 3 heteroatoms. The molecule has 1 heterocycles. The van der Waals surface area contributed by atoms with Gasteiger partial charge in [0.15, 0.2) is 5.78 Å². The van der Waals surface area contributed by atoms with Crippen molar-refractivity contribution in [3.05, 3.63) is 102 Å². The number of hydrogen-bond acceptors (Lipinski definition) is 2. The third-order valence-electron chi connectivity index (χ3n) is 6.27. The Morgan fingerprint density at radius 3 is 2.06 bits per heavy atom. The Morgan fingerprint density at radius 1 is 0.879 bits per heavy atom. The number of ketones is 1. The number of likely N-dealkylation sites (tertiary alicyclic amines) is 1. The van der Waals surface area contributed by atoms with Crippen LogP contribution in [0.15, 0.2) is 91.1 Å². The number of amides is 1. The summed E-state index contributed by atoms with van der Waals surface area (Å²) in [5.74, 6) is -0.653. The molecular weight excluding hydrogens is 406 g/mol. The van der Waals surface area contributed by atoms with Crippen molar-refractivity contribution in [1.82, 2.24) is 4.90 Å². The zero-order valence-corrected chi connectivity index (χ0v) is 19.6. The summed E-state index contributed by atoms with van der Waals surface area (Å²) in [5.41, 5.74) is 4.00. The lowest BCUT2D eigenvalue weighted by Gasteiger charge is -2.21. The van der Waals surface area contributed by atoms with E-state index in [4.69, 9.17) is 0 Å². The van der Waals surface area contributed by atoms with Crippen molar-refractivity contribution >= 4 is 17.8 Å². The predicted octanol–water partition coefficient (Wildman–Crippen LogP) is 6.40. The van der Waals surface area contributed by atoms with Crippen molar-refractivity contribution in [2.45, 2.75) is 39.7 Å². The van der Waals surface area contributed by atoms with Crippen LogP contribution in [0.25, 0.3) is 17.2 Å². The van der Waals surface area contributed by atoms with Gasteiger partial charge >= 0.3 is 0 Å². The molecule has 1 amide bonds. The van der Waals surface area contributed by atoms with Crippen molar-refractivity contribution in [2.24, 2.45) is 11.3 Å². The van der Waals surface area contributed by atoms with E-state index < -0.39 is 11.3 Å². The van der Waals surface area contributed by atoms with Gasteiger partial charge in [0.05, 0.1) is 5.92 Å². The van der Waals surface area contributed by atoms with Gasteiger partial charge in [-0.15, -0.1) is 0 Å². The summed E-state index contributed by atoms with van der Waals surface area (Å²) in [6, 6.07) is 28.7. The maximum atomic E-state index is 13.3. The van der Waals surface area contributed by atoms with Crippen LogP contribution in [0.2, 0.25) is 0 Å². The first-order valence-corrected chi connectivity index (χ1v) is 11.6. The van der Waals surface area contributed by atoms with Crippen molar-refractivity contribution in [3.8, 4) is 11.1 Å². The highest BCUT2D eigenvalue weighted by molar-refractivity contribution is 6.05. The Kier molecular flexibility index (Phi) is 6.60. The van der Waals surface area contributed by atoms with Crippen LogP contribution in [0.3, 0.4) is 0 Å². The van der Waals surface area contributed by atoms with Crippen LogP contribution in [0, 0.1) is 11.3 Å². The van der Waals surface area contributed by atoms with Gasteiger partial charge in [0.1, 0.15) is 0 Å². The largest absolute Gasteiger partial charge is 0.315 e. The molecule has 0 radical (unpaired) electrons. The van der Waals surface area contributed by atoms with Crippen molar-refractivity contribution in [2.75, 3.05) is 0 Å². The average Bonchev–Trinajstić information content (AvgIpc) is 3.13. The molecule has 33 heavy (non-hydrogen) atoms. The lowest BCUT2D eigenvalue weighted by Crippen LogP contribution is -2.34. The van der Waals surface area contributed by atoms with E-state index in [0.717, 1.165) is 11.1 Å². The van der Waals surface area contributed by atoms with Gasteiger partial charge in [0, 0.05) is 17.7 Å². The fourth-order valence-electron chi connectivity index (χ4n) is 4.43. The van der Waals surface area contributed by atoms with E-state index >= 15 is 0 Å². The number of Topliss-reactive ketones (excluding diaryl/α,β-unsaturated/α-hetero) is 1. The van der Waals surface area contributed by atoms with E-state index in [9.17, 15) is 9.59 Å². The van der Waals surface area contributed by atoms with Gasteiger partial charge in [0.2, 0.25) is 5.91 Å². The molecule has 1 aliphatic rings. The molecule has 0 spiro atoms. The molecule has 1 fully saturated rings. The second kappa shape index (κ2) is 9.58. The normalized spacial score (nSPS) is 18.8. The smallest absolute Gasteiger partial charge is 0.237 e. The Morgan fingerprint density at radius 2 is 1.45 bits per heavy atom. The molecule has 4 rings (SSSR count). The van der Waals surface area contributed by atoms with Gasteiger partial charge in [-0.1, -0.05) is 106 Å². The first-order valence-electron chi connectivity index (χ1n) is 11.6. The number of carbonyl (C=O) groups is 2. The number of hydrogen-bond donors (Lipinski definition) is 0. The lowest BCUT2D eigenvalue weighted by atomic mass is 9.81. The van der Waals surface area contributed by atoms with Gasteiger partial charge in [-0.2, -0.15) is 0 Å². The third-order valence-corrected chi connectivity index (χ3v) is 6.27. The zero-order valence-electron chi connectivity index (χ0n) is 19.6. The van der Waals surface area contributed by atoms with Crippen LogP contribution >= 0.6 is 0 Å². The Balaban J connectivity index is 1.57. The molecule has 3 aromatic rings. The predicted molar refractivity (Wildman–Crippen MR) is 134 cm³/mol. The Labute approximate surface area is 196 Å². The van der Waals surface area contributed by atoms with E-state index in [0.29, 0.717) is 12.8 Å². The molecular formula is C30H31NO2. The van der Waals surface area contributed by atoms with Gasteiger partial charge < -0.3 is 4.90 Å². The molecule has 0 saturated carbocycles. The van der Waals surface area contributed by atoms with Crippen molar-refractivity contribution in [3.63, 3.8) is 0 Å². The third kappa shape index (κ3) is 5.31. The van der Waals surface area contributed by atoms with Crippen LogP contribution in [0.4, 0.5) is 0 Å². The highest BCUT2D eigenvalue weighted by Gasteiger charge is 2.45. The summed E-state index contributed by atoms with van der Waals surface area (Å²) in [5, 5.41) is 0. The van der Waals surface area contributed by atoms with Crippen LogP contribution in [0.1, 0.15) is 38.3 Å². The summed E-state index contributed by atoms with van der Waals surface area (Å²) in [7, 11) is 0. The van der Waals surface area contributed by atoms with Gasteiger partial charge in [0.25, 0.3) is 0 Å². The molecule has 168 valence electrons. The number of benzene rings is 3. The van der Waals surface area contributed by atoms with E-state index in [1.807, 2.05) is 81.6 Å². The highest BCUT2D eigenvalue weighted by Crippen LogP contribution is 2.34. The molecule has 1 saturated heterocycles. The monoisotopic (exact) mass is 437 g/mol. The molecule has 0 aliphatic carbocycles. The lowest BCUT2D eigenvalue weighted by molar-refractivity contribution is -0.139. The van der Waals surface area contributed by atoms with Crippen molar-refractivity contribution in [1.29, 1.82) is 0 Å². The topological polar surface area (TPSA) is 37.4 Å². The van der Waals surface area contributed by atoms with Crippen molar-refractivity contribution < 1.29 is 9.59 Å². The summed E-state index contributed by atoms with van der Waals surface area (Å²) in [6.45, 7) is 5.67. The fraction of sp³-hybridized carbons (Fsp3) is 0.267. The van der Waals surface area contributed by atoms with Crippen LogP contribution in [-0.4, -0.2) is 22.6 Å². The molecule has 0 aromatic heterocycles. The molecule has 2 atom stereocenters. The maximum absolute atomic E-state index is 13.3. The minimum atomic E-state index is -0.584. The first kappa shape index (κ1) is 22.7. The van der Waals surface area contributed by atoms with Crippen LogP contribution in [0.5, 0.6) is 0 Å². The summed E-state index contributed by atoms with van der Waals surface area (Å²) >= 11 is 0. The first-order chi connectivity index (χ1) is 15.8. The molecule has 1 aliphatic heterocycles. The standard InChI is InChI=1S/C30H31NO2/c1-30(2,3)28(32)27-21-26(31(29(27)33)19-18-22-10-6-4-7-11-22)20-23-14-16-25(17-15-23)24-12-8-5-9-13-24/h4-19,26-27H,20-21H2,1-3H3/b19-18+/t26-,27+/m1/s1. The number of carbonyl (C=O) groups excluding carboxylic acids is 2. The molecule has 0 N–H and O–H groups in total. The summed E-state index contributed by atoms with van der Waals surface area (Å²) in [4.78, 5) is 28.1. The van der Waals surface area contributed by atoms with Crippen LogP contribution < -0.4 is 0 Å². The SMILES string of the molecule is CC(C)(C)C(=O)[C@@H]1C[C@@H](Cc2ccc(-c3ccccc3)cc2)N(/C=C/c2ccccc2)C1=O. The minimum Gasteiger partial charge on any atom is -0.315 e. The van der Waals surface area contributed by atoms with E-state index in [2.05, 4.69) is 36.4 Å². The quantitative estimate of drug-likeness (QED) is 0.419. The maximum Gasteiger partial charge on any atom is 0.237 e. The molecule has 3 nitrogen and oxygen atoms in total. The minimum absolute atomic E-state index is 0.0209. The molecule has 0 unspecified atom stereocenters. The van der Waals surface area contributed by atoms with Gasteiger partial charge in [-0.05, 0) is 41.2 Å². The summed E-state index contributed by atoms with van der Waals surface area (Å²) < 4.78 is 0. The number of rotatable bonds is 6. The fourth-order valence-corrected chi connectivity index (χ4v) is 4.43. The van der Waals surface area contributed by atoms with Gasteiger partial charge in [-0.25, -0.2) is 0 Å². The molecule has 3 aromatic carbocycles. The highest BCUT2D eigenvalue weighted by atomic mass is 16.2.